The molecule has 0 fully saturated rings. The highest BCUT2D eigenvalue weighted by Gasteiger charge is 2.41. The predicted octanol–water partition coefficient (Wildman–Crippen LogP) is 12.0. The molecule has 0 radical (unpaired) electrons. The van der Waals surface area contributed by atoms with Crippen molar-refractivity contribution in [1.82, 2.24) is 4.57 Å². The van der Waals surface area contributed by atoms with Crippen molar-refractivity contribution in [2.45, 2.75) is 19.3 Å². The first-order valence-corrected chi connectivity index (χ1v) is 20.4. The van der Waals surface area contributed by atoms with Gasteiger partial charge in [0.25, 0.3) is 0 Å². The second kappa shape index (κ2) is 11.4. The molecule has 11 rings (SSSR count). The summed E-state index contributed by atoms with van der Waals surface area (Å²) in [6.45, 7) is 4.71. The van der Waals surface area contributed by atoms with Crippen molar-refractivity contribution in [1.29, 1.82) is 0 Å². The zero-order valence-electron chi connectivity index (χ0n) is 30.1. The Morgan fingerprint density at radius 3 is 1.70 bits per heavy atom. The van der Waals surface area contributed by atoms with Crippen LogP contribution in [0.5, 0.6) is 0 Å². The average Bonchev–Trinajstić information content (AvgIpc) is 3.78. The van der Waals surface area contributed by atoms with Gasteiger partial charge in [0.1, 0.15) is 0 Å². The predicted molar refractivity (Wildman–Crippen MR) is 228 cm³/mol. The maximum absolute atomic E-state index is 15.3. The molecule has 0 N–H and O–H groups in total. The number of hydrogen-bond donors (Lipinski definition) is 0. The Labute approximate surface area is 315 Å². The van der Waals surface area contributed by atoms with Crippen LogP contribution in [0.3, 0.4) is 0 Å². The van der Waals surface area contributed by atoms with E-state index in [-0.39, 0.29) is 5.41 Å². The zero-order valence-corrected chi connectivity index (χ0v) is 31.0. The number of aromatic nitrogens is 1. The number of fused-ring (bicyclic) bond motifs is 9. The summed E-state index contributed by atoms with van der Waals surface area (Å²) in [4.78, 5) is 0. The molecule has 0 saturated carbocycles. The maximum atomic E-state index is 15.3. The Kier molecular flexibility index (Phi) is 6.61. The van der Waals surface area contributed by atoms with Crippen LogP contribution in [0.15, 0.2) is 182 Å². The molecular weight excluding hydrogens is 674 g/mol. The number of benzene rings is 8. The van der Waals surface area contributed by atoms with Crippen LogP contribution in [0.2, 0.25) is 0 Å². The highest BCUT2D eigenvalue weighted by atomic mass is 31.2. The SMILES string of the molecule is CC1(C)c2cc(-c3ccccc3)ccc2-c2ccc(-c3ccc(-n4c5ccccc5c5cc6c(cc54)-c4ccccc4P6(=O)c4ccccc4)cc3)cc21. The third kappa shape index (κ3) is 4.32. The van der Waals surface area contributed by atoms with Crippen molar-refractivity contribution < 1.29 is 4.57 Å². The van der Waals surface area contributed by atoms with E-state index in [0.29, 0.717) is 0 Å². The smallest absolute Gasteiger partial charge is 0.172 e. The molecule has 3 heteroatoms. The second-order valence-electron chi connectivity index (χ2n) is 15.3. The first-order chi connectivity index (χ1) is 26.4. The van der Waals surface area contributed by atoms with Gasteiger partial charge in [0.15, 0.2) is 7.14 Å². The van der Waals surface area contributed by atoms with Gasteiger partial charge >= 0.3 is 0 Å². The van der Waals surface area contributed by atoms with Crippen LogP contribution in [0.4, 0.5) is 0 Å². The molecule has 2 aliphatic rings. The standard InChI is InChI=1S/C51H36NOP/c1-51(2)45-29-35(33-13-5-3-6-14-33)23-27-39(45)40-28-24-36(30-46(40)51)34-21-25-37(26-22-34)52-47-19-11-9-17-41(47)43-32-50-44(31-48(43)52)42-18-10-12-20-49(42)54(50,53)38-15-7-4-8-16-38/h3-32H,1-2H3. The molecule has 0 spiro atoms. The Balaban J connectivity index is 1.02. The molecule has 256 valence electrons. The van der Waals surface area contributed by atoms with Crippen molar-refractivity contribution >= 4 is 44.9 Å². The van der Waals surface area contributed by atoms with Crippen LogP contribution in [0.1, 0.15) is 25.0 Å². The Morgan fingerprint density at radius 2 is 1.00 bits per heavy atom. The molecule has 2 nitrogen and oxygen atoms in total. The molecule has 1 aliphatic heterocycles. The van der Waals surface area contributed by atoms with Crippen LogP contribution in [-0.2, 0) is 9.98 Å². The molecule has 1 aliphatic carbocycles. The van der Waals surface area contributed by atoms with Crippen molar-refractivity contribution in [2.24, 2.45) is 0 Å². The maximum Gasteiger partial charge on any atom is 0.172 e. The summed E-state index contributed by atoms with van der Waals surface area (Å²) in [7, 11) is -3.05. The number of nitrogens with zero attached hydrogens (tertiary/aromatic N) is 1. The average molecular weight is 710 g/mol. The van der Waals surface area contributed by atoms with E-state index in [2.05, 4.69) is 164 Å². The van der Waals surface area contributed by atoms with Gasteiger partial charge in [-0.05, 0) is 98.1 Å². The van der Waals surface area contributed by atoms with E-state index in [0.717, 1.165) is 54.5 Å². The van der Waals surface area contributed by atoms with Crippen LogP contribution < -0.4 is 15.9 Å². The lowest BCUT2D eigenvalue weighted by molar-refractivity contribution is 0.593. The van der Waals surface area contributed by atoms with E-state index in [1.807, 2.05) is 36.4 Å². The van der Waals surface area contributed by atoms with Gasteiger partial charge in [-0.25, -0.2) is 0 Å². The normalized spacial score (nSPS) is 16.3. The monoisotopic (exact) mass is 709 g/mol. The third-order valence-electron chi connectivity index (χ3n) is 12.0. The molecule has 8 aromatic carbocycles. The lowest BCUT2D eigenvalue weighted by Crippen LogP contribution is -2.20. The fourth-order valence-corrected chi connectivity index (χ4v) is 12.4. The van der Waals surface area contributed by atoms with Crippen LogP contribution in [0.25, 0.3) is 72.0 Å². The van der Waals surface area contributed by atoms with Gasteiger partial charge in [0.05, 0.1) is 11.0 Å². The molecule has 1 unspecified atom stereocenters. The topological polar surface area (TPSA) is 22.0 Å². The van der Waals surface area contributed by atoms with E-state index >= 15 is 4.57 Å². The van der Waals surface area contributed by atoms with E-state index in [4.69, 9.17) is 0 Å². The Morgan fingerprint density at radius 1 is 0.426 bits per heavy atom. The van der Waals surface area contributed by atoms with Gasteiger partial charge in [-0.15, -0.1) is 0 Å². The van der Waals surface area contributed by atoms with Crippen molar-refractivity contribution in [3.8, 4) is 50.2 Å². The summed E-state index contributed by atoms with van der Waals surface area (Å²) in [6, 6.07) is 65.0. The molecule has 54 heavy (non-hydrogen) atoms. The lowest BCUT2D eigenvalue weighted by atomic mass is 9.81. The van der Waals surface area contributed by atoms with E-state index in [1.54, 1.807) is 0 Å². The van der Waals surface area contributed by atoms with Gasteiger partial charge in [0, 0.05) is 37.8 Å². The Hall–Kier alpha value is -6.21. The molecule has 0 amide bonds. The molecule has 0 bridgehead atoms. The van der Waals surface area contributed by atoms with Crippen LogP contribution in [0, 0.1) is 0 Å². The first kappa shape index (κ1) is 31.3. The summed E-state index contributed by atoms with van der Waals surface area (Å²) < 4.78 is 17.7. The van der Waals surface area contributed by atoms with Crippen molar-refractivity contribution in [2.75, 3.05) is 0 Å². The fraction of sp³-hybridized carbons (Fsp3) is 0.0588. The number of rotatable bonds is 4. The van der Waals surface area contributed by atoms with Crippen molar-refractivity contribution in [3.63, 3.8) is 0 Å². The lowest BCUT2D eigenvalue weighted by Gasteiger charge is -2.22. The molecule has 0 saturated heterocycles. The largest absolute Gasteiger partial charge is 0.309 e. The minimum absolute atomic E-state index is 0.113. The molecular formula is C51H36NOP. The fourth-order valence-electron chi connectivity index (χ4n) is 9.31. The van der Waals surface area contributed by atoms with Gasteiger partial charge in [-0.3, -0.25) is 0 Å². The van der Waals surface area contributed by atoms with Crippen LogP contribution in [-0.4, -0.2) is 4.57 Å². The minimum Gasteiger partial charge on any atom is -0.309 e. The Bertz CT molecular complexity index is 3030. The number of hydrogen-bond acceptors (Lipinski definition) is 1. The van der Waals surface area contributed by atoms with Gasteiger partial charge < -0.3 is 9.13 Å². The molecule has 1 aromatic heterocycles. The summed E-state index contributed by atoms with van der Waals surface area (Å²) in [5.74, 6) is 0. The molecule has 9 aromatic rings. The van der Waals surface area contributed by atoms with E-state index in [9.17, 15) is 0 Å². The summed E-state index contributed by atoms with van der Waals surface area (Å²) in [6.07, 6.45) is 0. The second-order valence-corrected chi connectivity index (χ2v) is 18.0. The minimum atomic E-state index is -3.05. The quantitative estimate of drug-likeness (QED) is 0.167. The summed E-state index contributed by atoms with van der Waals surface area (Å²) in [5, 5.41) is 5.01. The summed E-state index contributed by atoms with van der Waals surface area (Å²) >= 11 is 0. The highest BCUT2D eigenvalue weighted by Crippen LogP contribution is 2.54. The first-order valence-electron chi connectivity index (χ1n) is 18.7. The van der Waals surface area contributed by atoms with Gasteiger partial charge in [-0.2, -0.15) is 0 Å². The van der Waals surface area contributed by atoms with Crippen LogP contribution >= 0.6 is 7.14 Å². The summed E-state index contributed by atoms with van der Waals surface area (Å²) in [5.41, 5.74) is 15.7. The van der Waals surface area contributed by atoms with E-state index in [1.165, 1.54) is 44.5 Å². The van der Waals surface area contributed by atoms with Crippen molar-refractivity contribution in [3.05, 3.63) is 193 Å². The molecule has 1 atom stereocenters. The number of para-hydroxylation sites is 1. The van der Waals surface area contributed by atoms with E-state index < -0.39 is 7.14 Å². The van der Waals surface area contributed by atoms with Gasteiger partial charge in [0.2, 0.25) is 0 Å². The zero-order chi connectivity index (χ0) is 36.2. The molecule has 2 heterocycles. The third-order valence-corrected chi connectivity index (χ3v) is 15.2. The highest BCUT2D eigenvalue weighted by molar-refractivity contribution is 7.86. The van der Waals surface area contributed by atoms with Gasteiger partial charge in [-0.1, -0.05) is 153 Å².